The molecule has 1 aromatic heterocycles. The first-order chi connectivity index (χ1) is 14.0. The summed E-state index contributed by atoms with van der Waals surface area (Å²) in [5, 5.41) is 3.33. The molecule has 2 N–H and O–H groups in total. The van der Waals surface area contributed by atoms with Crippen molar-refractivity contribution in [2.24, 2.45) is 0 Å². The van der Waals surface area contributed by atoms with E-state index >= 15 is 0 Å². The fourth-order valence-corrected chi connectivity index (χ4v) is 3.41. The minimum absolute atomic E-state index is 0.0335. The summed E-state index contributed by atoms with van der Waals surface area (Å²) >= 11 is 0. The Kier molecular flexibility index (Phi) is 7.16. The van der Waals surface area contributed by atoms with Gasteiger partial charge in [-0.2, -0.15) is 0 Å². The average molecular weight is 397 g/mol. The topological polar surface area (TPSA) is 101 Å². The van der Waals surface area contributed by atoms with Crippen LogP contribution in [0.2, 0.25) is 0 Å². The largest absolute Gasteiger partial charge is 0.453 e. The second-order valence-electron chi connectivity index (χ2n) is 7.31. The number of esters is 1. The molecule has 1 amide bonds. The molecular formula is C22H27N3O4. The zero-order chi connectivity index (χ0) is 20.6. The molecule has 1 atom stereocenters. The van der Waals surface area contributed by atoms with Crippen molar-refractivity contribution in [1.82, 2.24) is 15.3 Å². The third-order valence-corrected chi connectivity index (χ3v) is 5.04. The van der Waals surface area contributed by atoms with Gasteiger partial charge in [0.2, 0.25) is 0 Å². The van der Waals surface area contributed by atoms with Crippen LogP contribution in [-0.4, -0.2) is 34.5 Å². The van der Waals surface area contributed by atoms with E-state index in [1.807, 2.05) is 0 Å². The maximum Gasteiger partial charge on any atom is 0.307 e. The van der Waals surface area contributed by atoms with Gasteiger partial charge in [0.25, 0.3) is 11.5 Å². The van der Waals surface area contributed by atoms with Gasteiger partial charge in [0, 0.05) is 13.0 Å². The molecule has 0 unspecified atom stereocenters. The molecule has 7 nitrogen and oxygen atoms in total. The number of ether oxygens (including phenoxy) is 1. The summed E-state index contributed by atoms with van der Waals surface area (Å²) in [7, 11) is 0. The normalized spacial score (nSPS) is 14.9. The van der Waals surface area contributed by atoms with Crippen molar-refractivity contribution in [3.8, 4) is 0 Å². The van der Waals surface area contributed by atoms with Crippen molar-refractivity contribution >= 4 is 22.8 Å². The number of hydrogen-bond acceptors (Lipinski definition) is 5. The lowest BCUT2D eigenvalue weighted by molar-refractivity contribution is -0.154. The van der Waals surface area contributed by atoms with E-state index in [9.17, 15) is 14.4 Å². The molecule has 0 fully saturated rings. The van der Waals surface area contributed by atoms with Gasteiger partial charge < -0.3 is 15.0 Å². The second kappa shape index (κ2) is 10.0. The van der Waals surface area contributed by atoms with Crippen LogP contribution in [-0.2, 0) is 20.7 Å². The maximum atomic E-state index is 12.1. The third kappa shape index (κ3) is 6.01. The van der Waals surface area contributed by atoms with Crippen LogP contribution in [0.15, 0.2) is 40.7 Å². The van der Waals surface area contributed by atoms with Gasteiger partial charge in [-0.15, -0.1) is 0 Å². The van der Waals surface area contributed by atoms with Crippen molar-refractivity contribution in [2.45, 2.75) is 58.0 Å². The van der Waals surface area contributed by atoms with Crippen molar-refractivity contribution in [2.75, 3.05) is 6.54 Å². The predicted molar refractivity (Wildman–Crippen MR) is 110 cm³/mol. The molecule has 0 saturated carbocycles. The minimum Gasteiger partial charge on any atom is -0.453 e. The molecule has 1 heterocycles. The van der Waals surface area contributed by atoms with Crippen LogP contribution in [0.4, 0.5) is 0 Å². The van der Waals surface area contributed by atoms with Crippen molar-refractivity contribution in [3.05, 3.63) is 52.1 Å². The van der Waals surface area contributed by atoms with E-state index in [1.54, 1.807) is 31.2 Å². The second-order valence-corrected chi connectivity index (χ2v) is 7.31. The van der Waals surface area contributed by atoms with Crippen LogP contribution < -0.4 is 10.9 Å². The van der Waals surface area contributed by atoms with Gasteiger partial charge in [-0.3, -0.25) is 14.4 Å². The number of nitrogens with one attached hydrogen (secondary N) is 2. The number of aromatic amines is 1. The number of aromatic nitrogens is 2. The number of allylic oxidation sites excluding steroid dienone is 1. The molecule has 3 rings (SSSR count). The van der Waals surface area contributed by atoms with Gasteiger partial charge >= 0.3 is 5.97 Å². The number of aryl methyl sites for hydroxylation is 1. The van der Waals surface area contributed by atoms with Crippen LogP contribution in [0.3, 0.4) is 0 Å². The van der Waals surface area contributed by atoms with Crippen molar-refractivity contribution in [3.63, 3.8) is 0 Å². The molecule has 1 aliphatic carbocycles. The van der Waals surface area contributed by atoms with Gasteiger partial charge in [0.05, 0.1) is 17.3 Å². The number of hydrogen-bond donors (Lipinski definition) is 2. The summed E-state index contributed by atoms with van der Waals surface area (Å²) in [6, 6.07) is 7.03. The quantitative estimate of drug-likeness (QED) is 0.527. The van der Waals surface area contributed by atoms with E-state index in [-0.39, 0.29) is 24.3 Å². The third-order valence-electron chi connectivity index (χ3n) is 5.04. The molecule has 7 heteroatoms. The summed E-state index contributed by atoms with van der Waals surface area (Å²) in [6.07, 6.45) is 7.19. The highest BCUT2D eigenvalue weighted by Gasteiger charge is 2.18. The first-order valence-corrected chi connectivity index (χ1v) is 10.2. The highest BCUT2D eigenvalue weighted by atomic mass is 16.5. The van der Waals surface area contributed by atoms with Crippen LogP contribution >= 0.6 is 0 Å². The van der Waals surface area contributed by atoms with E-state index in [0.29, 0.717) is 23.3 Å². The molecule has 1 aromatic carbocycles. The molecule has 29 heavy (non-hydrogen) atoms. The number of carbonyl (C=O) groups excluding carboxylic acids is 2. The first-order valence-electron chi connectivity index (χ1n) is 10.2. The summed E-state index contributed by atoms with van der Waals surface area (Å²) in [6.45, 7) is 2.11. The summed E-state index contributed by atoms with van der Waals surface area (Å²) in [4.78, 5) is 43.3. The van der Waals surface area contributed by atoms with E-state index in [4.69, 9.17) is 4.74 Å². The van der Waals surface area contributed by atoms with Crippen LogP contribution in [0.25, 0.3) is 10.9 Å². The van der Waals surface area contributed by atoms with E-state index in [0.717, 1.165) is 19.3 Å². The number of para-hydroxylation sites is 1. The Morgan fingerprint density at radius 3 is 2.86 bits per heavy atom. The number of amides is 1. The predicted octanol–water partition coefficient (Wildman–Crippen LogP) is 2.79. The fourth-order valence-electron chi connectivity index (χ4n) is 3.41. The standard InChI is InChI=1S/C22H27N3O4/c1-15(21(27)23-14-13-16-7-3-2-4-8-16)29-20(26)12-11-19-24-18-10-6-5-9-17(18)22(28)25-19/h5-7,9-10,15H,2-4,8,11-14H2,1H3,(H,23,27)(H,24,25,28)/t15-/m1/s1. The minimum atomic E-state index is -0.855. The lowest BCUT2D eigenvalue weighted by Gasteiger charge is -2.15. The lowest BCUT2D eigenvalue weighted by atomic mass is 9.97. The summed E-state index contributed by atoms with van der Waals surface area (Å²) in [5.41, 5.74) is 1.73. The van der Waals surface area contributed by atoms with Gasteiger partial charge in [-0.1, -0.05) is 23.8 Å². The highest BCUT2D eigenvalue weighted by molar-refractivity contribution is 5.83. The van der Waals surface area contributed by atoms with Crippen molar-refractivity contribution < 1.29 is 14.3 Å². The number of H-pyrrole nitrogens is 1. The Morgan fingerprint density at radius 1 is 1.24 bits per heavy atom. The average Bonchev–Trinajstić information content (AvgIpc) is 2.73. The maximum absolute atomic E-state index is 12.1. The Labute approximate surface area is 169 Å². The fraction of sp³-hybridized carbons (Fsp3) is 0.455. The molecule has 2 aromatic rings. The van der Waals surface area contributed by atoms with E-state index < -0.39 is 12.1 Å². The number of carbonyl (C=O) groups is 2. The Hall–Kier alpha value is -2.96. The number of fused-ring (bicyclic) bond motifs is 1. The monoisotopic (exact) mass is 397 g/mol. The van der Waals surface area contributed by atoms with Gasteiger partial charge in [0.15, 0.2) is 6.10 Å². The highest BCUT2D eigenvalue weighted by Crippen LogP contribution is 2.19. The zero-order valence-electron chi connectivity index (χ0n) is 16.7. The first kappa shape index (κ1) is 20.8. The van der Waals surface area contributed by atoms with Gasteiger partial charge in [-0.25, -0.2) is 4.98 Å². The van der Waals surface area contributed by atoms with E-state index in [2.05, 4.69) is 21.4 Å². The molecule has 0 aliphatic heterocycles. The molecule has 1 aliphatic rings. The number of nitrogens with zero attached hydrogens (tertiary/aromatic N) is 1. The zero-order valence-corrected chi connectivity index (χ0v) is 16.7. The van der Waals surface area contributed by atoms with Crippen LogP contribution in [0.1, 0.15) is 51.3 Å². The molecule has 0 radical (unpaired) electrons. The SMILES string of the molecule is C[C@@H](OC(=O)CCc1nc2ccccc2c(=O)[nH]1)C(=O)NCCC1=CCCCC1. The number of benzene rings is 1. The van der Waals surface area contributed by atoms with Gasteiger partial charge in [0.1, 0.15) is 5.82 Å². The Bertz CT molecular complexity index is 964. The lowest BCUT2D eigenvalue weighted by Crippen LogP contribution is -2.36. The number of rotatable bonds is 8. The molecule has 0 bridgehead atoms. The summed E-state index contributed by atoms with van der Waals surface area (Å²) in [5.74, 6) is -0.381. The molecule has 0 spiro atoms. The molecule has 154 valence electrons. The molecule has 0 saturated heterocycles. The molecular weight excluding hydrogens is 370 g/mol. The smallest absolute Gasteiger partial charge is 0.307 e. The Balaban J connectivity index is 1.43. The van der Waals surface area contributed by atoms with Crippen LogP contribution in [0, 0.1) is 0 Å². The van der Waals surface area contributed by atoms with Crippen molar-refractivity contribution in [1.29, 1.82) is 0 Å². The Morgan fingerprint density at radius 2 is 2.07 bits per heavy atom. The summed E-state index contributed by atoms with van der Waals surface area (Å²) < 4.78 is 5.21. The van der Waals surface area contributed by atoms with Crippen LogP contribution in [0.5, 0.6) is 0 Å². The van der Waals surface area contributed by atoms with Gasteiger partial charge in [-0.05, 0) is 51.2 Å². The van der Waals surface area contributed by atoms with E-state index in [1.165, 1.54) is 18.4 Å².